The van der Waals surface area contributed by atoms with E-state index in [0.29, 0.717) is 17.4 Å². The van der Waals surface area contributed by atoms with E-state index >= 15 is 0 Å². The van der Waals surface area contributed by atoms with Crippen molar-refractivity contribution >= 4 is 29.0 Å². The number of nitrogens with zero attached hydrogens (tertiary/aromatic N) is 3. The Hall–Kier alpha value is -2.34. The van der Waals surface area contributed by atoms with Gasteiger partial charge in [-0.3, -0.25) is 14.5 Å². The predicted molar refractivity (Wildman–Crippen MR) is 117 cm³/mol. The number of aromatic nitrogens is 2. The molecule has 0 N–H and O–H groups in total. The molecule has 1 saturated carbocycles. The van der Waals surface area contributed by atoms with Gasteiger partial charge >= 0.3 is 0 Å². The molecule has 5 nitrogen and oxygen atoms in total. The quantitative estimate of drug-likeness (QED) is 0.633. The van der Waals surface area contributed by atoms with Crippen LogP contribution in [-0.4, -0.2) is 32.1 Å². The van der Waals surface area contributed by atoms with Crippen LogP contribution in [0.1, 0.15) is 54.6 Å². The average Bonchev–Trinajstić information content (AvgIpc) is 3.12. The summed E-state index contributed by atoms with van der Waals surface area (Å²) >= 11 is 1.06. The third-order valence-corrected chi connectivity index (χ3v) is 6.83. The zero-order valence-corrected chi connectivity index (χ0v) is 18.1. The van der Waals surface area contributed by atoms with Crippen molar-refractivity contribution in [1.82, 2.24) is 14.5 Å². The molecule has 0 bridgehead atoms. The second-order valence-electron chi connectivity index (χ2n) is 8.15. The summed E-state index contributed by atoms with van der Waals surface area (Å²) in [4.78, 5) is 31.9. The summed E-state index contributed by atoms with van der Waals surface area (Å²) in [6.07, 6.45) is 9.58. The van der Waals surface area contributed by atoms with Crippen molar-refractivity contribution in [2.75, 3.05) is 6.54 Å². The van der Waals surface area contributed by atoms with E-state index in [-0.39, 0.29) is 11.1 Å². The molecule has 3 heterocycles. The maximum Gasteiger partial charge on any atom is 0.293 e. The Morgan fingerprint density at radius 2 is 1.90 bits per heavy atom. The van der Waals surface area contributed by atoms with Crippen LogP contribution in [0.5, 0.6) is 0 Å². The highest BCUT2D eigenvalue weighted by Crippen LogP contribution is 2.35. The summed E-state index contributed by atoms with van der Waals surface area (Å²) < 4.78 is 2.09. The van der Waals surface area contributed by atoms with E-state index in [0.717, 1.165) is 52.9 Å². The van der Waals surface area contributed by atoms with Gasteiger partial charge in [-0.1, -0.05) is 19.3 Å². The molecule has 0 atom stereocenters. The van der Waals surface area contributed by atoms with E-state index in [1.165, 1.54) is 24.2 Å². The van der Waals surface area contributed by atoms with Gasteiger partial charge in [-0.2, -0.15) is 0 Å². The molecule has 0 radical (unpaired) electrons. The van der Waals surface area contributed by atoms with E-state index in [2.05, 4.69) is 15.6 Å². The number of amides is 2. The van der Waals surface area contributed by atoms with E-state index in [1.807, 2.05) is 39.0 Å². The molecule has 0 spiro atoms. The van der Waals surface area contributed by atoms with Gasteiger partial charge in [0.1, 0.15) is 5.82 Å². The minimum atomic E-state index is -0.149. The Morgan fingerprint density at radius 1 is 1.14 bits per heavy atom. The number of rotatable bonds is 4. The van der Waals surface area contributed by atoms with E-state index in [1.54, 1.807) is 6.20 Å². The summed E-state index contributed by atoms with van der Waals surface area (Å²) in [5.41, 5.74) is 4.16. The first-order chi connectivity index (χ1) is 13.9. The lowest BCUT2D eigenvalue weighted by atomic mass is 9.89. The van der Waals surface area contributed by atoms with Gasteiger partial charge in [-0.05, 0) is 86.7 Å². The summed E-state index contributed by atoms with van der Waals surface area (Å²) in [6.45, 7) is 6.66. The summed E-state index contributed by atoms with van der Waals surface area (Å²) in [7, 11) is 0. The SMILES string of the molecule is Cc1ccnc(-n2c(C)cc(/C=C3/SC(=O)N(CC4CCCCC4)C3=O)c2C)c1. The Bertz CT molecular complexity index is 986. The number of carbonyl (C=O) groups is 2. The maximum atomic E-state index is 12.9. The molecule has 152 valence electrons. The second-order valence-corrected chi connectivity index (χ2v) is 9.14. The second kappa shape index (κ2) is 8.19. The van der Waals surface area contributed by atoms with Crippen LogP contribution in [-0.2, 0) is 4.79 Å². The molecule has 2 amide bonds. The van der Waals surface area contributed by atoms with Crippen LogP contribution in [0.25, 0.3) is 11.9 Å². The van der Waals surface area contributed by atoms with Crippen molar-refractivity contribution in [3.05, 3.63) is 51.8 Å². The number of hydrogen-bond donors (Lipinski definition) is 0. The largest absolute Gasteiger partial charge is 0.303 e. The maximum absolute atomic E-state index is 12.9. The van der Waals surface area contributed by atoms with Gasteiger partial charge < -0.3 is 4.57 Å². The highest BCUT2D eigenvalue weighted by molar-refractivity contribution is 8.18. The van der Waals surface area contributed by atoms with Crippen LogP contribution in [0, 0.1) is 26.7 Å². The summed E-state index contributed by atoms with van der Waals surface area (Å²) in [5.74, 6) is 1.17. The zero-order valence-electron chi connectivity index (χ0n) is 17.3. The Labute approximate surface area is 176 Å². The lowest BCUT2D eigenvalue weighted by Crippen LogP contribution is -2.34. The Kier molecular flexibility index (Phi) is 5.63. The highest BCUT2D eigenvalue weighted by atomic mass is 32.2. The fourth-order valence-corrected chi connectivity index (χ4v) is 5.19. The number of hydrogen-bond acceptors (Lipinski definition) is 4. The molecule has 4 rings (SSSR count). The molecule has 0 aromatic carbocycles. The van der Waals surface area contributed by atoms with Crippen molar-refractivity contribution in [2.45, 2.75) is 52.9 Å². The number of imide groups is 1. The fourth-order valence-electron chi connectivity index (χ4n) is 4.36. The van der Waals surface area contributed by atoms with Crippen LogP contribution in [0.15, 0.2) is 29.3 Å². The first-order valence-corrected chi connectivity index (χ1v) is 11.1. The molecule has 0 unspecified atom stereocenters. The molecule has 1 aliphatic carbocycles. The molecule has 2 aromatic heterocycles. The van der Waals surface area contributed by atoms with Gasteiger partial charge in [0.05, 0.1) is 4.91 Å². The highest BCUT2D eigenvalue weighted by Gasteiger charge is 2.36. The van der Waals surface area contributed by atoms with Gasteiger partial charge in [0.15, 0.2) is 0 Å². The number of aryl methyl sites for hydroxylation is 2. The predicted octanol–water partition coefficient (Wildman–Crippen LogP) is 5.41. The third kappa shape index (κ3) is 4.04. The van der Waals surface area contributed by atoms with Crippen LogP contribution in [0.3, 0.4) is 0 Å². The van der Waals surface area contributed by atoms with Crippen LogP contribution in [0.2, 0.25) is 0 Å². The average molecular weight is 410 g/mol. The molecular formula is C23H27N3O2S. The zero-order chi connectivity index (χ0) is 20.5. The van der Waals surface area contributed by atoms with Gasteiger partial charge in [0.25, 0.3) is 11.1 Å². The topological polar surface area (TPSA) is 55.2 Å². The Morgan fingerprint density at radius 3 is 2.62 bits per heavy atom. The lowest BCUT2D eigenvalue weighted by molar-refractivity contribution is -0.123. The van der Waals surface area contributed by atoms with Gasteiger partial charge in [0, 0.05) is 24.1 Å². The number of thioether (sulfide) groups is 1. The molecule has 1 saturated heterocycles. The summed E-state index contributed by atoms with van der Waals surface area (Å²) in [6, 6.07) is 6.07. The van der Waals surface area contributed by atoms with E-state index in [4.69, 9.17) is 0 Å². The molecule has 1 aliphatic heterocycles. The monoisotopic (exact) mass is 409 g/mol. The van der Waals surface area contributed by atoms with Gasteiger partial charge in [0.2, 0.25) is 0 Å². The third-order valence-electron chi connectivity index (χ3n) is 5.93. The van der Waals surface area contributed by atoms with Gasteiger partial charge in [-0.25, -0.2) is 4.98 Å². The molecule has 6 heteroatoms. The van der Waals surface area contributed by atoms with E-state index in [9.17, 15) is 9.59 Å². The molecular weight excluding hydrogens is 382 g/mol. The van der Waals surface area contributed by atoms with E-state index < -0.39 is 0 Å². The van der Waals surface area contributed by atoms with Crippen LogP contribution >= 0.6 is 11.8 Å². The molecule has 2 fully saturated rings. The Balaban J connectivity index is 1.59. The molecule has 2 aromatic rings. The van der Waals surface area contributed by atoms with Crippen molar-refractivity contribution in [1.29, 1.82) is 0 Å². The first-order valence-electron chi connectivity index (χ1n) is 10.3. The van der Waals surface area contributed by atoms with Crippen molar-refractivity contribution in [3.8, 4) is 5.82 Å². The van der Waals surface area contributed by atoms with Crippen molar-refractivity contribution in [3.63, 3.8) is 0 Å². The number of pyridine rings is 1. The van der Waals surface area contributed by atoms with Crippen LogP contribution < -0.4 is 0 Å². The van der Waals surface area contributed by atoms with Crippen molar-refractivity contribution < 1.29 is 9.59 Å². The molecule has 29 heavy (non-hydrogen) atoms. The van der Waals surface area contributed by atoms with Crippen molar-refractivity contribution in [2.24, 2.45) is 5.92 Å². The smallest absolute Gasteiger partial charge is 0.293 e. The normalized spacial score (nSPS) is 19.6. The van der Waals surface area contributed by atoms with Gasteiger partial charge in [-0.15, -0.1) is 0 Å². The summed E-state index contributed by atoms with van der Waals surface area (Å²) in [5, 5.41) is -0.138. The standard InChI is InChI=1S/C23H27N3O2S/c1-15-9-10-24-21(11-15)26-16(2)12-19(17(26)3)13-20-22(27)25(23(28)29-20)14-18-7-5-4-6-8-18/h9-13,18H,4-8,14H2,1-3H3/b20-13+. The van der Waals surface area contributed by atoms with Crippen LogP contribution in [0.4, 0.5) is 4.79 Å². The molecule has 2 aliphatic rings. The fraction of sp³-hybridized carbons (Fsp3) is 0.435. The first kappa shape index (κ1) is 20.0. The lowest BCUT2D eigenvalue weighted by Gasteiger charge is -2.25. The number of carbonyl (C=O) groups excluding carboxylic acids is 2. The minimum Gasteiger partial charge on any atom is -0.303 e. The minimum absolute atomic E-state index is 0.138.